The lowest BCUT2D eigenvalue weighted by atomic mass is 10.1. The van der Waals surface area contributed by atoms with Crippen LogP contribution in [0, 0.1) is 6.92 Å². The Kier molecular flexibility index (Phi) is 5.31. The number of aryl methyl sites for hydroxylation is 1. The summed E-state index contributed by atoms with van der Waals surface area (Å²) in [6.07, 6.45) is -4.56. The van der Waals surface area contributed by atoms with Crippen molar-refractivity contribution in [3.05, 3.63) is 47.3 Å². The number of alkyl halides is 3. The number of carbonyl (C=O) groups excluding carboxylic acids is 1. The minimum Gasteiger partial charge on any atom is -0.338 e. The van der Waals surface area contributed by atoms with Crippen LogP contribution in [0.2, 0.25) is 0 Å². The summed E-state index contributed by atoms with van der Waals surface area (Å²) in [6.45, 7) is 4.85. The molecule has 1 aliphatic rings. The fourth-order valence-electron chi connectivity index (χ4n) is 2.84. The normalized spacial score (nSPS) is 15.7. The molecule has 1 saturated heterocycles. The molecule has 0 saturated carbocycles. The number of nitrogens with zero attached hydrogens (tertiary/aromatic N) is 4. The zero-order valence-corrected chi connectivity index (χ0v) is 15.0. The van der Waals surface area contributed by atoms with E-state index >= 15 is 0 Å². The van der Waals surface area contributed by atoms with E-state index in [0.717, 1.165) is 32.2 Å². The van der Waals surface area contributed by atoms with Crippen LogP contribution in [-0.2, 0) is 6.18 Å². The van der Waals surface area contributed by atoms with E-state index in [-0.39, 0.29) is 11.4 Å². The second kappa shape index (κ2) is 7.51. The lowest BCUT2D eigenvalue weighted by Gasteiger charge is -2.32. The summed E-state index contributed by atoms with van der Waals surface area (Å²) in [4.78, 5) is 25.3. The van der Waals surface area contributed by atoms with Gasteiger partial charge in [0.05, 0.1) is 11.3 Å². The zero-order chi connectivity index (χ0) is 19.6. The van der Waals surface area contributed by atoms with Gasteiger partial charge in [-0.25, -0.2) is 9.97 Å². The van der Waals surface area contributed by atoms with Gasteiger partial charge >= 0.3 is 6.18 Å². The Bertz CT molecular complexity index is 832. The molecule has 0 spiro atoms. The zero-order valence-electron chi connectivity index (χ0n) is 15.0. The van der Waals surface area contributed by atoms with Gasteiger partial charge in [-0.05, 0) is 32.2 Å². The molecule has 0 bridgehead atoms. The lowest BCUT2D eigenvalue weighted by molar-refractivity contribution is -0.136. The van der Waals surface area contributed by atoms with Gasteiger partial charge in [-0.15, -0.1) is 0 Å². The molecule has 0 radical (unpaired) electrons. The van der Waals surface area contributed by atoms with Crippen LogP contribution >= 0.6 is 0 Å². The Hall–Kier alpha value is -2.68. The van der Waals surface area contributed by atoms with Gasteiger partial charge in [0.25, 0.3) is 5.91 Å². The Balaban J connectivity index is 1.84. The first-order chi connectivity index (χ1) is 12.7. The first-order valence-electron chi connectivity index (χ1n) is 8.51. The highest BCUT2D eigenvalue weighted by Crippen LogP contribution is 2.34. The first kappa shape index (κ1) is 19.1. The van der Waals surface area contributed by atoms with Crippen LogP contribution in [0.25, 0.3) is 0 Å². The standard InChI is InChI=1S/C18H20F3N5O/c1-12-11-15(24-17(22-12)26-9-7-25(2)8-10-26)16(27)23-14-6-4-3-5-13(14)18(19,20)21/h3-6,11H,7-10H2,1-2H3,(H,23,27). The summed E-state index contributed by atoms with van der Waals surface area (Å²) in [5.41, 5.74) is -0.586. The van der Waals surface area contributed by atoms with Gasteiger partial charge < -0.3 is 15.1 Å². The van der Waals surface area contributed by atoms with Crippen LogP contribution in [-0.4, -0.2) is 54.0 Å². The maximum absolute atomic E-state index is 13.1. The fourth-order valence-corrected chi connectivity index (χ4v) is 2.84. The summed E-state index contributed by atoms with van der Waals surface area (Å²) in [5.74, 6) is -0.287. The summed E-state index contributed by atoms with van der Waals surface area (Å²) >= 11 is 0. The number of nitrogens with one attached hydrogen (secondary N) is 1. The number of halogens is 3. The van der Waals surface area contributed by atoms with Gasteiger partial charge in [0, 0.05) is 31.9 Å². The van der Waals surface area contributed by atoms with Gasteiger partial charge in [0.15, 0.2) is 0 Å². The SMILES string of the molecule is Cc1cc(C(=O)Nc2ccccc2C(F)(F)F)nc(N2CCN(C)CC2)n1. The quantitative estimate of drug-likeness (QED) is 0.889. The maximum Gasteiger partial charge on any atom is 0.418 e. The molecule has 0 aliphatic carbocycles. The number of hydrogen-bond donors (Lipinski definition) is 1. The molecule has 2 heterocycles. The van der Waals surface area contributed by atoms with E-state index < -0.39 is 17.6 Å². The highest BCUT2D eigenvalue weighted by molar-refractivity contribution is 6.03. The Morgan fingerprint density at radius 1 is 1.11 bits per heavy atom. The molecule has 2 aromatic rings. The molecule has 0 atom stereocenters. The molecule has 3 rings (SSSR count). The number of rotatable bonds is 3. The van der Waals surface area contributed by atoms with Crippen LogP contribution < -0.4 is 10.2 Å². The van der Waals surface area contributed by atoms with Crippen molar-refractivity contribution >= 4 is 17.5 Å². The Labute approximate surface area is 155 Å². The number of anilines is 2. The highest BCUT2D eigenvalue weighted by atomic mass is 19.4. The Morgan fingerprint density at radius 2 is 1.78 bits per heavy atom. The summed E-state index contributed by atoms with van der Waals surface area (Å²) in [6, 6.07) is 6.32. The van der Waals surface area contributed by atoms with Crippen LogP contribution in [0.3, 0.4) is 0 Å². The number of benzene rings is 1. The van der Waals surface area contributed by atoms with Gasteiger partial charge in [-0.2, -0.15) is 13.2 Å². The number of hydrogen-bond acceptors (Lipinski definition) is 5. The number of carbonyl (C=O) groups is 1. The third-order valence-corrected chi connectivity index (χ3v) is 4.34. The minimum atomic E-state index is -4.56. The Morgan fingerprint density at radius 3 is 2.44 bits per heavy atom. The molecule has 6 nitrogen and oxygen atoms in total. The molecule has 27 heavy (non-hydrogen) atoms. The molecule has 1 aliphatic heterocycles. The van der Waals surface area contributed by atoms with E-state index in [1.807, 2.05) is 11.9 Å². The average Bonchev–Trinajstić information content (AvgIpc) is 2.61. The van der Waals surface area contributed by atoms with E-state index in [1.54, 1.807) is 6.92 Å². The molecule has 1 amide bonds. The van der Waals surface area contributed by atoms with Crippen LogP contribution in [0.4, 0.5) is 24.8 Å². The number of para-hydroxylation sites is 1. The molecular formula is C18H20F3N5O. The first-order valence-corrected chi connectivity index (χ1v) is 8.51. The molecule has 0 unspecified atom stereocenters. The lowest BCUT2D eigenvalue weighted by Crippen LogP contribution is -2.45. The number of likely N-dealkylation sites (N-methyl/N-ethyl adjacent to an activating group) is 1. The summed E-state index contributed by atoms with van der Waals surface area (Å²) < 4.78 is 39.3. The minimum absolute atomic E-state index is 0.0356. The fraction of sp³-hybridized carbons (Fsp3) is 0.389. The van der Waals surface area contributed by atoms with E-state index in [0.29, 0.717) is 11.6 Å². The third-order valence-electron chi connectivity index (χ3n) is 4.34. The van der Waals surface area contributed by atoms with Crippen molar-refractivity contribution in [2.75, 3.05) is 43.4 Å². The molecule has 1 fully saturated rings. The molecule has 144 valence electrons. The average molecular weight is 379 g/mol. The van der Waals surface area contributed by atoms with E-state index in [2.05, 4.69) is 20.2 Å². The van der Waals surface area contributed by atoms with E-state index in [4.69, 9.17) is 0 Å². The third kappa shape index (κ3) is 4.54. The van der Waals surface area contributed by atoms with Crippen molar-refractivity contribution in [1.82, 2.24) is 14.9 Å². The number of piperazine rings is 1. The second-order valence-electron chi connectivity index (χ2n) is 6.48. The van der Waals surface area contributed by atoms with Gasteiger partial charge in [-0.1, -0.05) is 12.1 Å². The molecule has 1 N–H and O–H groups in total. The molecule has 1 aromatic heterocycles. The van der Waals surface area contributed by atoms with E-state index in [9.17, 15) is 18.0 Å². The summed E-state index contributed by atoms with van der Waals surface area (Å²) in [5, 5.41) is 2.32. The molecule has 1 aromatic carbocycles. The van der Waals surface area contributed by atoms with Crippen molar-refractivity contribution in [2.45, 2.75) is 13.1 Å². The predicted octanol–water partition coefficient (Wildman–Crippen LogP) is 2.81. The highest BCUT2D eigenvalue weighted by Gasteiger charge is 2.33. The van der Waals surface area contributed by atoms with Crippen LogP contribution in [0.15, 0.2) is 30.3 Å². The van der Waals surface area contributed by atoms with Crippen molar-refractivity contribution in [3.63, 3.8) is 0 Å². The number of aromatic nitrogens is 2. The van der Waals surface area contributed by atoms with Crippen molar-refractivity contribution in [3.8, 4) is 0 Å². The maximum atomic E-state index is 13.1. The van der Waals surface area contributed by atoms with Crippen molar-refractivity contribution < 1.29 is 18.0 Å². The largest absolute Gasteiger partial charge is 0.418 e. The van der Waals surface area contributed by atoms with Crippen LogP contribution in [0.1, 0.15) is 21.7 Å². The number of amides is 1. The van der Waals surface area contributed by atoms with Gasteiger partial charge in [-0.3, -0.25) is 4.79 Å². The molecular weight excluding hydrogens is 359 g/mol. The monoisotopic (exact) mass is 379 g/mol. The summed E-state index contributed by atoms with van der Waals surface area (Å²) in [7, 11) is 2.02. The topological polar surface area (TPSA) is 61.4 Å². The van der Waals surface area contributed by atoms with Gasteiger partial charge in [0.1, 0.15) is 5.69 Å². The molecule has 9 heteroatoms. The van der Waals surface area contributed by atoms with Crippen molar-refractivity contribution in [2.24, 2.45) is 0 Å². The van der Waals surface area contributed by atoms with E-state index in [1.165, 1.54) is 24.3 Å². The smallest absolute Gasteiger partial charge is 0.338 e. The van der Waals surface area contributed by atoms with Crippen molar-refractivity contribution in [1.29, 1.82) is 0 Å². The predicted molar refractivity (Wildman–Crippen MR) is 95.9 cm³/mol. The van der Waals surface area contributed by atoms with Gasteiger partial charge in [0.2, 0.25) is 5.95 Å². The van der Waals surface area contributed by atoms with Crippen LogP contribution in [0.5, 0.6) is 0 Å². The second-order valence-corrected chi connectivity index (χ2v) is 6.48.